The molecule has 0 aromatic heterocycles. The molecule has 0 spiro atoms. The fraction of sp³-hybridized carbons (Fsp3) is 0.435. The second-order valence-electron chi connectivity index (χ2n) is 7.86. The summed E-state index contributed by atoms with van der Waals surface area (Å²) in [6, 6.07) is 16.0. The second-order valence-corrected chi connectivity index (χ2v) is 9.72. The molecule has 1 amide bonds. The molecular formula is C23H32N2O3S. The van der Waals surface area contributed by atoms with E-state index in [1.54, 1.807) is 19.1 Å². The summed E-state index contributed by atoms with van der Waals surface area (Å²) in [7, 11) is -3.63. The number of aryl methyl sites for hydroxylation is 1. The molecule has 0 radical (unpaired) electrons. The average molecular weight is 417 g/mol. The zero-order valence-corrected chi connectivity index (χ0v) is 18.7. The van der Waals surface area contributed by atoms with E-state index in [0.717, 1.165) is 30.2 Å². The van der Waals surface area contributed by atoms with Gasteiger partial charge in [0.15, 0.2) is 0 Å². The van der Waals surface area contributed by atoms with E-state index in [1.807, 2.05) is 49.4 Å². The lowest BCUT2D eigenvalue weighted by Crippen LogP contribution is -2.48. The number of rotatable bonds is 9. The van der Waals surface area contributed by atoms with Gasteiger partial charge in [0.1, 0.15) is 6.04 Å². The highest BCUT2D eigenvalue weighted by molar-refractivity contribution is 7.92. The van der Waals surface area contributed by atoms with Crippen LogP contribution in [0.25, 0.3) is 0 Å². The molecular weight excluding hydrogens is 384 g/mol. The van der Waals surface area contributed by atoms with Gasteiger partial charge in [-0.15, -0.1) is 0 Å². The van der Waals surface area contributed by atoms with Crippen molar-refractivity contribution < 1.29 is 13.2 Å². The fourth-order valence-electron chi connectivity index (χ4n) is 3.41. The minimum atomic E-state index is -3.63. The Morgan fingerprint density at radius 2 is 1.59 bits per heavy atom. The molecule has 2 aromatic carbocycles. The van der Waals surface area contributed by atoms with Crippen molar-refractivity contribution in [2.24, 2.45) is 5.92 Å². The first-order valence-electron chi connectivity index (χ1n) is 10.1. The maximum atomic E-state index is 13.1. The first-order chi connectivity index (χ1) is 13.6. The molecule has 5 nitrogen and oxygen atoms in total. The van der Waals surface area contributed by atoms with Gasteiger partial charge < -0.3 is 5.32 Å². The SMILES string of the molecule is CCc1ccc(N(C(C)C(=O)NC(CC(C)C)c2ccccc2)S(C)(=O)=O)cc1. The molecule has 2 unspecified atom stereocenters. The third kappa shape index (κ3) is 6.32. The van der Waals surface area contributed by atoms with E-state index >= 15 is 0 Å². The van der Waals surface area contributed by atoms with Crippen molar-refractivity contribution in [3.8, 4) is 0 Å². The number of nitrogens with zero attached hydrogens (tertiary/aromatic N) is 1. The number of anilines is 1. The average Bonchev–Trinajstić information content (AvgIpc) is 2.67. The highest BCUT2D eigenvalue weighted by Crippen LogP contribution is 2.24. The number of hydrogen-bond donors (Lipinski definition) is 1. The summed E-state index contributed by atoms with van der Waals surface area (Å²) in [5, 5.41) is 3.06. The van der Waals surface area contributed by atoms with Gasteiger partial charge in [-0.2, -0.15) is 0 Å². The van der Waals surface area contributed by atoms with Gasteiger partial charge in [0.25, 0.3) is 0 Å². The van der Waals surface area contributed by atoms with Gasteiger partial charge in [-0.1, -0.05) is 63.2 Å². The smallest absolute Gasteiger partial charge is 0.244 e. The molecule has 0 saturated carbocycles. The first kappa shape index (κ1) is 22.9. The van der Waals surface area contributed by atoms with Crippen molar-refractivity contribution >= 4 is 21.6 Å². The van der Waals surface area contributed by atoms with Crippen LogP contribution in [0.2, 0.25) is 0 Å². The highest BCUT2D eigenvalue weighted by atomic mass is 32.2. The van der Waals surface area contributed by atoms with Crippen LogP contribution in [-0.2, 0) is 21.2 Å². The summed E-state index contributed by atoms with van der Waals surface area (Å²) in [6.45, 7) is 7.87. The predicted octanol–water partition coefficient (Wildman–Crippen LogP) is 4.31. The maximum absolute atomic E-state index is 13.1. The van der Waals surface area contributed by atoms with Gasteiger partial charge in [-0.3, -0.25) is 9.10 Å². The quantitative estimate of drug-likeness (QED) is 0.662. The molecule has 6 heteroatoms. The minimum Gasteiger partial charge on any atom is -0.347 e. The molecule has 2 atom stereocenters. The molecule has 0 heterocycles. The summed E-state index contributed by atoms with van der Waals surface area (Å²) in [6.07, 6.45) is 2.77. The standard InChI is InChI=1S/C23H32N2O3S/c1-6-19-12-14-21(15-13-19)25(29(5,27)28)18(4)23(26)24-22(16-17(2)3)20-10-8-7-9-11-20/h7-15,17-18,22H,6,16H2,1-5H3,(H,24,26). The molecule has 0 aliphatic heterocycles. The fourth-order valence-corrected chi connectivity index (χ4v) is 4.59. The zero-order chi connectivity index (χ0) is 21.6. The lowest BCUT2D eigenvalue weighted by Gasteiger charge is -2.30. The molecule has 0 fully saturated rings. The third-order valence-corrected chi connectivity index (χ3v) is 6.15. The molecule has 158 valence electrons. The topological polar surface area (TPSA) is 66.5 Å². The normalized spacial score (nSPS) is 13.7. The number of sulfonamides is 1. The van der Waals surface area contributed by atoms with Crippen molar-refractivity contribution in [3.63, 3.8) is 0 Å². The zero-order valence-electron chi connectivity index (χ0n) is 17.9. The maximum Gasteiger partial charge on any atom is 0.244 e. The Morgan fingerprint density at radius 3 is 2.07 bits per heavy atom. The summed E-state index contributed by atoms with van der Waals surface area (Å²) in [5.41, 5.74) is 2.62. The Labute approximate surface area is 175 Å². The van der Waals surface area contributed by atoms with E-state index in [2.05, 4.69) is 19.2 Å². The number of amides is 1. The van der Waals surface area contributed by atoms with Gasteiger partial charge in [0.05, 0.1) is 18.0 Å². The van der Waals surface area contributed by atoms with Gasteiger partial charge in [0, 0.05) is 0 Å². The molecule has 0 bridgehead atoms. The lowest BCUT2D eigenvalue weighted by molar-refractivity contribution is -0.122. The van der Waals surface area contributed by atoms with Crippen LogP contribution in [0.3, 0.4) is 0 Å². The second kappa shape index (κ2) is 9.92. The van der Waals surface area contributed by atoms with E-state index in [-0.39, 0.29) is 11.9 Å². The van der Waals surface area contributed by atoms with E-state index < -0.39 is 16.1 Å². The Bertz CT molecular complexity index is 893. The van der Waals surface area contributed by atoms with Crippen molar-refractivity contribution in [3.05, 3.63) is 65.7 Å². The highest BCUT2D eigenvalue weighted by Gasteiger charge is 2.30. The van der Waals surface area contributed by atoms with Gasteiger partial charge in [-0.25, -0.2) is 8.42 Å². The van der Waals surface area contributed by atoms with Crippen molar-refractivity contribution in [2.75, 3.05) is 10.6 Å². The van der Waals surface area contributed by atoms with Crippen molar-refractivity contribution in [1.29, 1.82) is 0 Å². The van der Waals surface area contributed by atoms with Crippen LogP contribution in [0.5, 0.6) is 0 Å². The van der Waals surface area contributed by atoms with Crippen LogP contribution >= 0.6 is 0 Å². The summed E-state index contributed by atoms with van der Waals surface area (Å²) in [4.78, 5) is 13.1. The summed E-state index contributed by atoms with van der Waals surface area (Å²) in [5.74, 6) is 0.0629. The van der Waals surface area contributed by atoms with Gasteiger partial charge in [0.2, 0.25) is 15.9 Å². The molecule has 1 N–H and O–H groups in total. The third-order valence-electron chi connectivity index (χ3n) is 4.91. The van der Waals surface area contributed by atoms with Gasteiger partial charge in [-0.05, 0) is 48.9 Å². The minimum absolute atomic E-state index is 0.171. The number of carbonyl (C=O) groups is 1. The molecule has 2 aromatic rings. The van der Waals surface area contributed by atoms with Crippen molar-refractivity contribution in [2.45, 2.75) is 52.6 Å². The van der Waals surface area contributed by atoms with Crippen LogP contribution in [0.4, 0.5) is 5.69 Å². The number of carbonyl (C=O) groups excluding carboxylic acids is 1. The Kier molecular flexibility index (Phi) is 7.85. The van der Waals surface area contributed by atoms with E-state index in [9.17, 15) is 13.2 Å². The van der Waals surface area contributed by atoms with E-state index in [4.69, 9.17) is 0 Å². The van der Waals surface area contributed by atoms with Crippen LogP contribution in [0, 0.1) is 5.92 Å². The molecule has 0 saturated heterocycles. The Hall–Kier alpha value is -2.34. The lowest BCUT2D eigenvalue weighted by atomic mass is 9.96. The molecule has 0 aliphatic carbocycles. The summed E-state index contributed by atoms with van der Waals surface area (Å²) < 4.78 is 26.2. The van der Waals surface area contributed by atoms with Gasteiger partial charge >= 0.3 is 0 Å². The van der Waals surface area contributed by atoms with E-state index in [0.29, 0.717) is 11.6 Å². The number of nitrogens with one attached hydrogen (secondary N) is 1. The van der Waals surface area contributed by atoms with Crippen LogP contribution in [0.1, 0.15) is 51.3 Å². The predicted molar refractivity (Wildman–Crippen MR) is 119 cm³/mol. The van der Waals surface area contributed by atoms with Crippen LogP contribution in [0.15, 0.2) is 54.6 Å². The van der Waals surface area contributed by atoms with Crippen LogP contribution < -0.4 is 9.62 Å². The molecule has 2 rings (SSSR count). The number of benzene rings is 2. The largest absolute Gasteiger partial charge is 0.347 e. The number of hydrogen-bond acceptors (Lipinski definition) is 3. The Morgan fingerprint density at radius 1 is 1.00 bits per heavy atom. The van der Waals surface area contributed by atoms with Crippen molar-refractivity contribution in [1.82, 2.24) is 5.32 Å². The molecule has 29 heavy (non-hydrogen) atoms. The molecule has 0 aliphatic rings. The first-order valence-corrected chi connectivity index (χ1v) is 11.9. The summed E-state index contributed by atoms with van der Waals surface area (Å²) >= 11 is 0. The van der Waals surface area contributed by atoms with E-state index in [1.165, 1.54) is 4.31 Å². The monoisotopic (exact) mass is 416 g/mol. The van der Waals surface area contributed by atoms with Crippen LogP contribution in [-0.4, -0.2) is 26.6 Å². The Balaban J connectivity index is 2.29.